The molecule has 3 aliphatic rings. The van der Waals surface area contributed by atoms with Crippen LogP contribution in [0.2, 0.25) is 10.0 Å². The number of carboxylic acids is 1. The number of nitrogens with zero attached hydrogens (tertiary/aromatic N) is 1. The molecule has 1 N–H and O–H groups in total. The molecule has 1 heterocycles. The third kappa shape index (κ3) is 5.47. The van der Waals surface area contributed by atoms with Crippen LogP contribution >= 0.6 is 23.2 Å². The van der Waals surface area contributed by atoms with Crippen molar-refractivity contribution in [3.63, 3.8) is 0 Å². The third-order valence-corrected chi connectivity index (χ3v) is 11.4. The van der Waals surface area contributed by atoms with E-state index in [0.29, 0.717) is 29.3 Å². The lowest BCUT2D eigenvalue weighted by molar-refractivity contribution is -0.160. The molecular formula is C29H33Cl2NO5S. The lowest BCUT2D eigenvalue weighted by Gasteiger charge is -2.52. The molecule has 3 fully saturated rings. The van der Waals surface area contributed by atoms with Gasteiger partial charge < -0.3 is 10.0 Å². The van der Waals surface area contributed by atoms with E-state index < -0.39 is 33.3 Å². The van der Waals surface area contributed by atoms with Gasteiger partial charge in [0.05, 0.1) is 28.9 Å². The summed E-state index contributed by atoms with van der Waals surface area (Å²) in [6, 6.07) is 13.8. The number of carbonyl (C=O) groups is 2. The number of sulfone groups is 1. The van der Waals surface area contributed by atoms with Gasteiger partial charge in [0.2, 0.25) is 5.91 Å². The van der Waals surface area contributed by atoms with Crippen LogP contribution in [0, 0.1) is 11.3 Å². The van der Waals surface area contributed by atoms with Gasteiger partial charge in [0.15, 0.2) is 9.84 Å². The minimum Gasteiger partial charge on any atom is -0.481 e. The highest BCUT2D eigenvalue weighted by molar-refractivity contribution is 7.92. The van der Waals surface area contributed by atoms with Crippen LogP contribution in [-0.2, 0) is 19.4 Å². The van der Waals surface area contributed by atoms with Crippen LogP contribution in [0.4, 0.5) is 0 Å². The second kappa shape index (κ2) is 10.5. The summed E-state index contributed by atoms with van der Waals surface area (Å²) in [6.07, 6.45) is 3.89. The Bertz CT molecular complexity index is 1320. The van der Waals surface area contributed by atoms with Crippen molar-refractivity contribution in [2.75, 3.05) is 5.75 Å². The molecule has 2 aliphatic carbocycles. The number of halogens is 2. The van der Waals surface area contributed by atoms with Gasteiger partial charge in [0.25, 0.3) is 0 Å². The van der Waals surface area contributed by atoms with Gasteiger partial charge in [-0.15, -0.1) is 0 Å². The maximum absolute atomic E-state index is 14.4. The molecule has 4 atom stereocenters. The number of carboxylic acid groups (broad SMARTS) is 1. The molecule has 0 bridgehead atoms. The fourth-order valence-corrected chi connectivity index (χ4v) is 8.83. The van der Waals surface area contributed by atoms with E-state index >= 15 is 0 Å². The molecule has 204 valence electrons. The topological polar surface area (TPSA) is 91.8 Å². The maximum Gasteiger partial charge on any atom is 0.304 e. The maximum atomic E-state index is 14.4. The Morgan fingerprint density at radius 1 is 1.05 bits per heavy atom. The van der Waals surface area contributed by atoms with Gasteiger partial charge in [-0.05, 0) is 73.4 Å². The van der Waals surface area contributed by atoms with E-state index in [2.05, 4.69) is 0 Å². The largest absolute Gasteiger partial charge is 0.481 e. The first-order valence-corrected chi connectivity index (χ1v) is 15.7. The van der Waals surface area contributed by atoms with Gasteiger partial charge in [0, 0.05) is 22.0 Å². The molecule has 1 amide bonds. The number of hydrogen-bond acceptors (Lipinski definition) is 4. The zero-order valence-electron chi connectivity index (χ0n) is 21.4. The molecule has 1 aliphatic heterocycles. The molecule has 0 spiro atoms. The van der Waals surface area contributed by atoms with Crippen molar-refractivity contribution in [2.45, 2.75) is 75.1 Å². The first-order chi connectivity index (χ1) is 18.0. The highest BCUT2D eigenvalue weighted by Crippen LogP contribution is 2.54. The highest BCUT2D eigenvalue weighted by Gasteiger charge is 2.55. The standard InChI is InChI=1S/C29H33Cl2NO5S/c1-29(16-26(33)34)15-24(20-4-2-5-22(31)14-20)27(19-10-12-21(30)13-11-19)32(28(29)35)25(18-8-9-18)17-38(36,37)23-6-3-7-23/h2,4-5,10-14,18,23-25,27H,3,6-9,15-17H2,1H3,(H,33,34)/t24-,25-,27-,29-/m1/s1. The normalized spacial score (nSPS) is 27.1. The third-order valence-electron chi connectivity index (χ3n) is 8.62. The zero-order valence-corrected chi connectivity index (χ0v) is 23.7. The Labute approximate surface area is 234 Å². The molecule has 2 aromatic rings. The number of rotatable bonds is 9. The predicted octanol–water partition coefficient (Wildman–Crippen LogP) is 6.28. The van der Waals surface area contributed by atoms with Crippen molar-refractivity contribution in [3.05, 3.63) is 69.7 Å². The van der Waals surface area contributed by atoms with Crippen LogP contribution in [0.3, 0.4) is 0 Å². The summed E-state index contributed by atoms with van der Waals surface area (Å²) < 4.78 is 26.9. The molecule has 9 heteroatoms. The quantitative estimate of drug-likeness (QED) is 0.378. The van der Waals surface area contributed by atoms with Crippen molar-refractivity contribution >= 4 is 44.9 Å². The van der Waals surface area contributed by atoms with Gasteiger partial charge in [-0.2, -0.15) is 0 Å². The summed E-state index contributed by atoms with van der Waals surface area (Å²) in [4.78, 5) is 28.2. The molecule has 5 rings (SSSR count). The Hall–Kier alpha value is -2.09. The minimum atomic E-state index is -3.41. The van der Waals surface area contributed by atoms with Crippen molar-refractivity contribution in [1.82, 2.24) is 4.90 Å². The van der Waals surface area contributed by atoms with Gasteiger partial charge in [-0.25, -0.2) is 8.42 Å². The van der Waals surface area contributed by atoms with Crippen LogP contribution in [0.5, 0.6) is 0 Å². The van der Waals surface area contributed by atoms with Gasteiger partial charge in [-0.1, -0.05) is 60.8 Å². The Morgan fingerprint density at radius 2 is 1.74 bits per heavy atom. The van der Waals surface area contributed by atoms with Crippen molar-refractivity contribution in [1.29, 1.82) is 0 Å². The zero-order chi connectivity index (χ0) is 27.2. The van der Waals surface area contributed by atoms with E-state index in [1.54, 1.807) is 30.0 Å². The molecule has 2 aromatic carbocycles. The first-order valence-electron chi connectivity index (χ1n) is 13.3. The fraction of sp³-hybridized carbons (Fsp3) is 0.517. The Balaban J connectivity index is 1.67. The van der Waals surface area contributed by atoms with Crippen molar-refractivity contribution in [3.8, 4) is 0 Å². The molecule has 2 saturated carbocycles. The van der Waals surface area contributed by atoms with E-state index in [0.717, 1.165) is 30.4 Å². The van der Waals surface area contributed by atoms with Gasteiger partial charge in [0.1, 0.15) is 0 Å². The molecule has 0 unspecified atom stereocenters. The summed E-state index contributed by atoms with van der Waals surface area (Å²) >= 11 is 12.6. The summed E-state index contributed by atoms with van der Waals surface area (Å²) in [5.41, 5.74) is 0.537. The number of piperidine rings is 1. The number of hydrogen-bond donors (Lipinski definition) is 1. The van der Waals surface area contributed by atoms with E-state index in [4.69, 9.17) is 23.2 Å². The number of likely N-dealkylation sites (tertiary alicyclic amines) is 1. The number of benzene rings is 2. The van der Waals surface area contributed by atoms with Crippen LogP contribution in [0.15, 0.2) is 48.5 Å². The smallest absolute Gasteiger partial charge is 0.304 e. The summed E-state index contributed by atoms with van der Waals surface area (Å²) in [6.45, 7) is 1.70. The molecule has 6 nitrogen and oxygen atoms in total. The Morgan fingerprint density at radius 3 is 2.29 bits per heavy atom. The number of carbonyl (C=O) groups excluding carboxylic acids is 1. The van der Waals surface area contributed by atoms with Crippen LogP contribution in [-0.4, -0.2) is 47.3 Å². The van der Waals surface area contributed by atoms with E-state index in [9.17, 15) is 23.1 Å². The van der Waals surface area contributed by atoms with E-state index in [-0.39, 0.29) is 35.2 Å². The summed E-state index contributed by atoms with van der Waals surface area (Å²) in [7, 11) is -3.41. The average Bonchev–Trinajstić information content (AvgIpc) is 3.63. The van der Waals surface area contributed by atoms with Crippen LogP contribution < -0.4 is 0 Å². The molecule has 38 heavy (non-hydrogen) atoms. The number of amides is 1. The molecule has 0 radical (unpaired) electrons. The molecule has 0 aromatic heterocycles. The predicted molar refractivity (Wildman–Crippen MR) is 148 cm³/mol. The van der Waals surface area contributed by atoms with Crippen LogP contribution in [0.25, 0.3) is 0 Å². The molecular weight excluding hydrogens is 545 g/mol. The average molecular weight is 579 g/mol. The summed E-state index contributed by atoms with van der Waals surface area (Å²) in [5, 5.41) is 10.6. The van der Waals surface area contributed by atoms with Crippen molar-refractivity contribution in [2.24, 2.45) is 11.3 Å². The van der Waals surface area contributed by atoms with Gasteiger partial charge in [-0.3, -0.25) is 9.59 Å². The first kappa shape index (κ1) is 27.5. The SMILES string of the molecule is C[C@]1(CC(=O)O)C[C@H](c2cccc(Cl)c2)[C@@H](c2ccc(Cl)cc2)N([C@H](CS(=O)(=O)C2CCC2)C2CC2)C1=O. The second-order valence-corrected chi connectivity index (χ2v) is 14.7. The Kier molecular flexibility index (Phi) is 7.57. The van der Waals surface area contributed by atoms with Gasteiger partial charge >= 0.3 is 5.97 Å². The summed E-state index contributed by atoms with van der Waals surface area (Å²) in [5.74, 6) is -1.66. The molecule has 1 saturated heterocycles. The monoisotopic (exact) mass is 577 g/mol. The minimum absolute atomic E-state index is 0.0655. The number of aliphatic carboxylic acids is 1. The highest BCUT2D eigenvalue weighted by atomic mass is 35.5. The van der Waals surface area contributed by atoms with E-state index in [1.165, 1.54) is 0 Å². The van der Waals surface area contributed by atoms with Crippen LogP contribution in [0.1, 0.15) is 75.0 Å². The fourth-order valence-electron chi connectivity index (χ4n) is 6.27. The lowest BCUT2D eigenvalue weighted by atomic mass is 9.67. The van der Waals surface area contributed by atoms with Crippen molar-refractivity contribution < 1.29 is 23.1 Å². The lowest BCUT2D eigenvalue weighted by Crippen LogP contribution is -2.58. The second-order valence-electron chi connectivity index (χ2n) is 11.5. The van der Waals surface area contributed by atoms with E-state index in [1.807, 2.05) is 30.3 Å².